The Labute approximate surface area is 171 Å². The van der Waals surface area contributed by atoms with Crippen molar-refractivity contribution in [3.63, 3.8) is 0 Å². The van der Waals surface area contributed by atoms with E-state index < -0.39 is 15.9 Å². The number of sulfonamides is 1. The van der Waals surface area contributed by atoms with E-state index in [1.54, 1.807) is 30.7 Å². The molecule has 0 radical (unpaired) electrons. The van der Waals surface area contributed by atoms with Crippen LogP contribution >= 0.6 is 27.3 Å². The van der Waals surface area contributed by atoms with E-state index >= 15 is 0 Å². The Hall–Kier alpha value is -1.42. The van der Waals surface area contributed by atoms with Gasteiger partial charge in [0, 0.05) is 13.1 Å². The molecule has 0 saturated carbocycles. The summed E-state index contributed by atoms with van der Waals surface area (Å²) in [5, 5.41) is 1.73. The highest BCUT2D eigenvalue weighted by Gasteiger charge is 2.34. The van der Waals surface area contributed by atoms with E-state index in [9.17, 15) is 13.2 Å². The summed E-state index contributed by atoms with van der Waals surface area (Å²) >= 11 is 4.59. The van der Waals surface area contributed by atoms with Crippen molar-refractivity contribution in [2.45, 2.75) is 23.7 Å². The lowest BCUT2D eigenvalue weighted by Crippen LogP contribution is -2.42. The van der Waals surface area contributed by atoms with Gasteiger partial charge in [0.25, 0.3) is 10.0 Å². The Morgan fingerprint density at radius 3 is 2.85 bits per heavy atom. The molecule has 146 valence electrons. The van der Waals surface area contributed by atoms with Gasteiger partial charge in [-0.3, -0.25) is 4.79 Å². The summed E-state index contributed by atoms with van der Waals surface area (Å²) in [6.07, 6.45) is 1.26. The molecule has 1 aliphatic heterocycles. The number of carbonyl (C=O) groups excluding carboxylic acids is 1. The minimum absolute atomic E-state index is 0.135. The lowest BCUT2D eigenvalue weighted by molar-refractivity contribution is -0.151. The van der Waals surface area contributed by atoms with Crippen LogP contribution < -0.4 is 4.74 Å². The van der Waals surface area contributed by atoms with E-state index in [-0.39, 0.29) is 19.1 Å². The van der Waals surface area contributed by atoms with Crippen molar-refractivity contribution in [1.82, 2.24) is 4.31 Å². The predicted octanol–water partition coefficient (Wildman–Crippen LogP) is 3.66. The van der Waals surface area contributed by atoms with Gasteiger partial charge in [0.15, 0.2) is 0 Å². The van der Waals surface area contributed by atoms with Crippen LogP contribution in [0.15, 0.2) is 44.4 Å². The molecule has 9 heteroatoms. The van der Waals surface area contributed by atoms with Gasteiger partial charge in [0.2, 0.25) is 0 Å². The average Bonchev–Trinajstić information content (AvgIpc) is 3.22. The molecule has 1 aliphatic rings. The Bertz CT molecular complexity index is 898. The van der Waals surface area contributed by atoms with Crippen LogP contribution in [0.3, 0.4) is 0 Å². The molecule has 1 unspecified atom stereocenters. The summed E-state index contributed by atoms with van der Waals surface area (Å²) in [7, 11) is -1.96. The van der Waals surface area contributed by atoms with Gasteiger partial charge in [-0.25, -0.2) is 8.42 Å². The standard InChI is InChI=1S/C18H20BrNO5S2/c1-24-16-7-6-13(10-15(16)19)12-25-18(21)14-4-2-8-20(11-14)27(22,23)17-5-3-9-26-17/h3,5-7,9-10,14H,2,4,8,11-12H2,1H3. The monoisotopic (exact) mass is 473 g/mol. The number of ether oxygens (including phenoxy) is 2. The first kappa shape index (κ1) is 20.3. The van der Waals surface area contributed by atoms with Crippen LogP contribution in [0.4, 0.5) is 0 Å². The number of benzene rings is 1. The minimum Gasteiger partial charge on any atom is -0.496 e. The largest absolute Gasteiger partial charge is 0.496 e. The van der Waals surface area contributed by atoms with Crippen LogP contribution in [-0.4, -0.2) is 38.9 Å². The number of nitrogens with zero attached hydrogens (tertiary/aromatic N) is 1. The molecule has 1 aromatic carbocycles. The number of thiophene rings is 1. The van der Waals surface area contributed by atoms with E-state index in [4.69, 9.17) is 9.47 Å². The third kappa shape index (κ3) is 4.71. The van der Waals surface area contributed by atoms with Crippen molar-refractivity contribution < 1.29 is 22.7 Å². The van der Waals surface area contributed by atoms with Crippen LogP contribution in [-0.2, 0) is 26.2 Å². The number of methoxy groups -OCH3 is 1. The lowest BCUT2D eigenvalue weighted by atomic mass is 10.00. The van der Waals surface area contributed by atoms with E-state index in [1.807, 2.05) is 12.1 Å². The maximum Gasteiger partial charge on any atom is 0.310 e. The Balaban J connectivity index is 1.61. The molecule has 1 aromatic heterocycles. The van der Waals surface area contributed by atoms with Gasteiger partial charge in [0.1, 0.15) is 16.6 Å². The number of hydrogen-bond donors (Lipinski definition) is 0. The quantitative estimate of drug-likeness (QED) is 0.598. The first-order chi connectivity index (χ1) is 12.9. The summed E-state index contributed by atoms with van der Waals surface area (Å²) < 4.78 is 38.4. The van der Waals surface area contributed by atoms with Crippen molar-refractivity contribution in [2.75, 3.05) is 20.2 Å². The van der Waals surface area contributed by atoms with Crippen LogP contribution in [0.2, 0.25) is 0 Å². The van der Waals surface area contributed by atoms with Gasteiger partial charge in [-0.1, -0.05) is 12.1 Å². The topological polar surface area (TPSA) is 72.9 Å². The molecule has 0 spiro atoms. The second-order valence-electron chi connectivity index (χ2n) is 6.21. The summed E-state index contributed by atoms with van der Waals surface area (Å²) in [6.45, 7) is 0.719. The first-order valence-electron chi connectivity index (χ1n) is 8.44. The van der Waals surface area contributed by atoms with E-state index in [2.05, 4.69) is 15.9 Å². The molecular formula is C18H20BrNO5S2. The Kier molecular flexibility index (Phi) is 6.56. The molecule has 0 amide bonds. The minimum atomic E-state index is -3.54. The second kappa shape index (κ2) is 8.72. The molecular weight excluding hydrogens is 454 g/mol. The number of piperidine rings is 1. The Morgan fingerprint density at radius 1 is 1.37 bits per heavy atom. The van der Waals surface area contributed by atoms with Gasteiger partial charge in [-0.05, 0) is 57.9 Å². The second-order valence-corrected chi connectivity index (χ2v) is 10.2. The number of rotatable bonds is 6. The van der Waals surface area contributed by atoms with Gasteiger partial charge in [-0.2, -0.15) is 4.31 Å². The highest BCUT2D eigenvalue weighted by atomic mass is 79.9. The van der Waals surface area contributed by atoms with Crippen molar-refractivity contribution in [3.8, 4) is 5.75 Å². The molecule has 1 fully saturated rings. The summed E-state index contributed by atoms with van der Waals surface area (Å²) in [6, 6.07) is 8.75. The van der Waals surface area contributed by atoms with Crippen molar-refractivity contribution in [2.24, 2.45) is 5.92 Å². The SMILES string of the molecule is COc1ccc(COC(=O)C2CCCN(S(=O)(=O)c3cccs3)C2)cc1Br. The highest BCUT2D eigenvalue weighted by Crippen LogP contribution is 2.28. The smallest absolute Gasteiger partial charge is 0.310 e. The third-order valence-electron chi connectivity index (χ3n) is 4.40. The predicted molar refractivity (Wildman–Crippen MR) is 106 cm³/mol. The number of esters is 1. The zero-order valence-corrected chi connectivity index (χ0v) is 18.0. The maximum absolute atomic E-state index is 12.7. The van der Waals surface area contributed by atoms with Crippen LogP contribution in [0.1, 0.15) is 18.4 Å². The molecule has 0 bridgehead atoms. The molecule has 1 saturated heterocycles. The van der Waals surface area contributed by atoms with Gasteiger partial charge in [0.05, 0.1) is 17.5 Å². The maximum atomic E-state index is 12.7. The fourth-order valence-corrected chi connectivity index (χ4v) is 6.22. The molecule has 3 rings (SSSR count). The van der Waals surface area contributed by atoms with Gasteiger partial charge in [-0.15, -0.1) is 11.3 Å². The highest BCUT2D eigenvalue weighted by molar-refractivity contribution is 9.10. The average molecular weight is 474 g/mol. The van der Waals surface area contributed by atoms with Crippen molar-refractivity contribution in [3.05, 3.63) is 45.7 Å². The van der Waals surface area contributed by atoms with E-state index in [1.165, 1.54) is 15.6 Å². The fourth-order valence-electron chi connectivity index (χ4n) is 2.96. The summed E-state index contributed by atoms with van der Waals surface area (Å²) in [4.78, 5) is 12.5. The van der Waals surface area contributed by atoms with E-state index in [0.29, 0.717) is 29.3 Å². The third-order valence-corrected chi connectivity index (χ3v) is 8.26. The zero-order chi connectivity index (χ0) is 19.4. The van der Waals surface area contributed by atoms with Crippen LogP contribution in [0.25, 0.3) is 0 Å². The molecule has 1 atom stereocenters. The molecule has 2 aromatic rings. The van der Waals surface area contributed by atoms with Gasteiger partial charge < -0.3 is 9.47 Å². The summed E-state index contributed by atoms with van der Waals surface area (Å²) in [5.41, 5.74) is 0.829. The number of hydrogen-bond acceptors (Lipinski definition) is 6. The Morgan fingerprint density at radius 2 is 2.19 bits per heavy atom. The summed E-state index contributed by atoms with van der Waals surface area (Å²) in [5.74, 6) is -0.116. The van der Waals surface area contributed by atoms with Gasteiger partial charge >= 0.3 is 5.97 Å². The first-order valence-corrected chi connectivity index (χ1v) is 11.6. The number of halogens is 1. The van der Waals surface area contributed by atoms with Crippen molar-refractivity contribution >= 4 is 43.3 Å². The van der Waals surface area contributed by atoms with Crippen molar-refractivity contribution in [1.29, 1.82) is 0 Å². The molecule has 2 heterocycles. The number of carbonyl (C=O) groups is 1. The molecule has 0 aliphatic carbocycles. The molecule has 6 nitrogen and oxygen atoms in total. The lowest BCUT2D eigenvalue weighted by Gasteiger charge is -2.30. The van der Waals surface area contributed by atoms with Crippen LogP contribution in [0.5, 0.6) is 5.75 Å². The zero-order valence-electron chi connectivity index (χ0n) is 14.8. The molecule has 0 N–H and O–H groups in total. The van der Waals surface area contributed by atoms with Crippen LogP contribution in [0, 0.1) is 5.92 Å². The molecule has 27 heavy (non-hydrogen) atoms. The normalized spacial score (nSPS) is 18.2. The van der Waals surface area contributed by atoms with E-state index in [0.717, 1.165) is 10.0 Å². The fraction of sp³-hybridized carbons (Fsp3) is 0.389.